The Labute approximate surface area is 100 Å². The van der Waals surface area contributed by atoms with Crippen LogP contribution in [0.15, 0.2) is 24.3 Å². The number of aryl methyl sites for hydroxylation is 1. The van der Waals surface area contributed by atoms with Gasteiger partial charge >= 0.3 is 0 Å². The van der Waals surface area contributed by atoms with Crippen molar-refractivity contribution in [3.05, 3.63) is 35.4 Å². The van der Waals surface area contributed by atoms with Gasteiger partial charge in [0.05, 0.1) is 0 Å². The molecule has 3 rings (SSSR count). The van der Waals surface area contributed by atoms with Crippen LogP contribution in [0.2, 0.25) is 0 Å². The molecule has 1 aromatic rings. The van der Waals surface area contributed by atoms with Crippen molar-refractivity contribution in [2.45, 2.75) is 58.3 Å². The van der Waals surface area contributed by atoms with Gasteiger partial charge in [-0.25, -0.2) is 0 Å². The first kappa shape index (κ1) is 11.7. The third-order valence-electron chi connectivity index (χ3n) is 3.54. The molecule has 0 amide bonds. The maximum absolute atomic E-state index is 2.35. The lowest BCUT2D eigenvalue weighted by Crippen LogP contribution is -2.15. The van der Waals surface area contributed by atoms with E-state index < -0.39 is 0 Å². The Kier molecular flexibility index (Phi) is 3.37. The smallest absolute Gasteiger partial charge is 0.00435 e. The van der Waals surface area contributed by atoms with E-state index in [0.29, 0.717) is 5.41 Å². The van der Waals surface area contributed by atoms with Gasteiger partial charge in [-0.1, -0.05) is 45.0 Å². The van der Waals surface area contributed by atoms with Crippen molar-refractivity contribution in [2.24, 2.45) is 5.92 Å². The van der Waals surface area contributed by atoms with Crippen molar-refractivity contribution in [1.29, 1.82) is 0 Å². The van der Waals surface area contributed by atoms with E-state index in [-0.39, 0.29) is 0 Å². The van der Waals surface area contributed by atoms with Crippen LogP contribution < -0.4 is 0 Å². The lowest BCUT2D eigenvalue weighted by Gasteiger charge is -2.24. The number of hydrogen-bond acceptors (Lipinski definition) is 0. The molecule has 1 fully saturated rings. The van der Waals surface area contributed by atoms with Crippen molar-refractivity contribution in [3.63, 3.8) is 0 Å². The summed E-state index contributed by atoms with van der Waals surface area (Å²) in [5.41, 5.74) is 3.96. The third-order valence-corrected chi connectivity index (χ3v) is 3.54. The van der Waals surface area contributed by atoms with Gasteiger partial charge < -0.3 is 0 Å². The molecule has 0 unspecified atom stereocenters. The van der Waals surface area contributed by atoms with E-state index in [2.05, 4.69) is 45.0 Å². The van der Waals surface area contributed by atoms with Crippen LogP contribution in [0.5, 0.6) is 0 Å². The highest BCUT2D eigenvalue weighted by atomic mass is 14.5. The Morgan fingerprint density at radius 2 is 1.62 bits per heavy atom. The zero-order valence-corrected chi connectivity index (χ0v) is 10.9. The maximum Gasteiger partial charge on any atom is -0.00435 e. The molecule has 2 aliphatic carbocycles. The number of fused-ring (bicyclic) bond motifs is 2. The summed E-state index contributed by atoms with van der Waals surface area (Å²) in [6.45, 7) is 6.50. The number of hydrogen-bond donors (Lipinski definition) is 0. The molecule has 0 atom stereocenters. The van der Waals surface area contributed by atoms with Gasteiger partial charge in [-0.3, -0.25) is 0 Å². The van der Waals surface area contributed by atoms with Crippen molar-refractivity contribution in [2.75, 3.05) is 0 Å². The molecule has 0 heteroatoms. The summed E-state index contributed by atoms with van der Waals surface area (Å²) in [5.74, 6) is 0.833. The van der Waals surface area contributed by atoms with Crippen LogP contribution in [0.1, 0.15) is 57.6 Å². The minimum atomic E-state index is 0.662. The van der Waals surface area contributed by atoms with Gasteiger partial charge in [-0.15, -0.1) is 0 Å². The predicted octanol–water partition coefficient (Wildman–Crippen LogP) is 4.72. The minimum Gasteiger partial charge on any atom is -0.0630 e. The topological polar surface area (TPSA) is 0 Å². The van der Waals surface area contributed by atoms with E-state index >= 15 is 0 Å². The van der Waals surface area contributed by atoms with E-state index in [1.54, 1.807) is 11.1 Å². The zero-order valence-electron chi connectivity index (χ0n) is 10.9. The van der Waals surface area contributed by atoms with E-state index in [9.17, 15) is 0 Å². The lowest BCUT2D eigenvalue weighted by atomic mass is 9.80. The zero-order chi connectivity index (χ0) is 11.6. The van der Waals surface area contributed by atoms with E-state index in [1.807, 2.05) is 0 Å². The largest absolute Gasteiger partial charge is 0.0630 e. The fourth-order valence-electron chi connectivity index (χ4n) is 2.68. The van der Waals surface area contributed by atoms with Gasteiger partial charge in [-0.2, -0.15) is 0 Å². The molecule has 0 bridgehead atoms. The Morgan fingerprint density at radius 1 is 1.00 bits per heavy atom. The molecule has 1 spiro atoms. The second kappa shape index (κ2) is 4.61. The minimum absolute atomic E-state index is 0.662. The molecule has 0 N–H and O–H groups in total. The average molecular weight is 216 g/mol. The van der Waals surface area contributed by atoms with Gasteiger partial charge in [0.1, 0.15) is 0 Å². The maximum atomic E-state index is 2.35. The molecule has 1 aromatic carbocycles. The highest BCUT2D eigenvalue weighted by Crippen LogP contribution is 2.55. The van der Waals surface area contributed by atoms with Crippen LogP contribution in [-0.2, 0) is 11.8 Å². The van der Waals surface area contributed by atoms with Gasteiger partial charge in [-0.05, 0) is 54.6 Å². The molecule has 2 aliphatic rings. The summed E-state index contributed by atoms with van der Waals surface area (Å²) in [6.07, 6.45) is 7.08. The molecule has 0 aromatic heterocycles. The first-order valence-electron chi connectivity index (χ1n) is 6.72. The Balaban J connectivity index is 0.000000212. The monoisotopic (exact) mass is 216 g/mol. The molecule has 0 radical (unpaired) electrons. The van der Waals surface area contributed by atoms with E-state index in [4.69, 9.17) is 0 Å². The van der Waals surface area contributed by atoms with Crippen LogP contribution in [0.3, 0.4) is 0 Å². The summed E-state index contributed by atoms with van der Waals surface area (Å²) in [5, 5.41) is 0. The van der Waals surface area contributed by atoms with Crippen molar-refractivity contribution < 1.29 is 0 Å². The second-order valence-electron chi connectivity index (χ2n) is 6.02. The standard InChI is InChI=1S/C12H14.C4H10/c1-2-6-11-10(4-1)5-3-7-12(11)8-9-12;1-4(2)3/h1-2,4,6H,3,5,7-9H2;4H,1-3H3. The second-order valence-corrected chi connectivity index (χ2v) is 6.02. The Morgan fingerprint density at radius 3 is 2.25 bits per heavy atom. The van der Waals surface area contributed by atoms with Crippen LogP contribution in [0.25, 0.3) is 0 Å². The predicted molar refractivity (Wildman–Crippen MR) is 70.8 cm³/mol. The Hall–Kier alpha value is -0.780. The summed E-state index contributed by atoms with van der Waals surface area (Å²) in [6, 6.07) is 9.04. The summed E-state index contributed by atoms with van der Waals surface area (Å²) < 4.78 is 0. The van der Waals surface area contributed by atoms with E-state index in [1.165, 1.54) is 32.1 Å². The quantitative estimate of drug-likeness (QED) is 0.589. The first-order chi connectivity index (χ1) is 7.64. The molecular weight excluding hydrogens is 192 g/mol. The van der Waals surface area contributed by atoms with Crippen molar-refractivity contribution >= 4 is 0 Å². The van der Waals surface area contributed by atoms with Crippen molar-refractivity contribution in [3.8, 4) is 0 Å². The molecular formula is C16H24. The lowest BCUT2D eigenvalue weighted by molar-refractivity contribution is 0.542. The average Bonchev–Trinajstić information content (AvgIpc) is 2.99. The molecule has 88 valence electrons. The summed E-state index contributed by atoms with van der Waals surface area (Å²) in [7, 11) is 0. The van der Waals surface area contributed by atoms with Crippen LogP contribution in [0, 0.1) is 5.92 Å². The first-order valence-corrected chi connectivity index (χ1v) is 6.72. The van der Waals surface area contributed by atoms with E-state index in [0.717, 1.165) is 5.92 Å². The van der Waals surface area contributed by atoms with Crippen LogP contribution in [-0.4, -0.2) is 0 Å². The van der Waals surface area contributed by atoms with Gasteiger partial charge in [0.15, 0.2) is 0 Å². The van der Waals surface area contributed by atoms with Gasteiger partial charge in [0.2, 0.25) is 0 Å². The Bertz CT molecular complexity index is 342. The highest BCUT2D eigenvalue weighted by molar-refractivity contribution is 5.40. The fraction of sp³-hybridized carbons (Fsp3) is 0.625. The molecule has 0 aliphatic heterocycles. The van der Waals surface area contributed by atoms with Gasteiger partial charge in [0, 0.05) is 0 Å². The number of rotatable bonds is 0. The normalized spacial score (nSPS) is 20.0. The summed E-state index contributed by atoms with van der Waals surface area (Å²) in [4.78, 5) is 0. The summed E-state index contributed by atoms with van der Waals surface area (Å²) >= 11 is 0. The third kappa shape index (κ3) is 2.48. The van der Waals surface area contributed by atoms with Gasteiger partial charge in [0.25, 0.3) is 0 Å². The SMILES string of the molecule is CC(C)C.c1ccc2c(c1)CCCC21CC1. The van der Waals surface area contributed by atoms with Crippen LogP contribution in [0.4, 0.5) is 0 Å². The molecule has 16 heavy (non-hydrogen) atoms. The van der Waals surface area contributed by atoms with Crippen LogP contribution >= 0.6 is 0 Å². The molecule has 0 saturated heterocycles. The molecule has 0 nitrogen and oxygen atoms in total. The number of benzene rings is 1. The molecule has 0 heterocycles. The molecule has 1 saturated carbocycles. The van der Waals surface area contributed by atoms with Crippen molar-refractivity contribution in [1.82, 2.24) is 0 Å². The fourth-order valence-corrected chi connectivity index (χ4v) is 2.68. The highest BCUT2D eigenvalue weighted by Gasteiger charge is 2.46.